The van der Waals surface area contributed by atoms with Gasteiger partial charge in [-0.2, -0.15) is 13.2 Å². The Balaban J connectivity index is 0.00000361. The molecule has 0 atom stereocenters. The molecular weight excluding hydrogens is 313 g/mol. The van der Waals surface area contributed by atoms with Gasteiger partial charge in [0.05, 0.1) is 0 Å². The van der Waals surface area contributed by atoms with E-state index in [2.05, 4.69) is 10.6 Å². The molecule has 1 aromatic carbocycles. The molecule has 114 valence electrons. The van der Waals surface area contributed by atoms with Crippen LogP contribution in [0.5, 0.6) is 0 Å². The fourth-order valence-electron chi connectivity index (χ4n) is 1.38. The van der Waals surface area contributed by atoms with Gasteiger partial charge in [0, 0.05) is 17.0 Å². The highest BCUT2D eigenvalue weighted by molar-refractivity contribution is 8.00. The van der Waals surface area contributed by atoms with E-state index in [1.54, 1.807) is 0 Å². The van der Waals surface area contributed by atoms with E-state index in [1.807, 2.05) is 7.05 Å². The van der Waals surface area contributed by atoms with Crippen LogP contribution in [-0.4, -0.2) is 31.6 Å². The van der Waals surface area contributed by atoms with E-state index < -0.39 is 5.51 Å². The van der Waals surface area contributed by atoms with Gasteiger partial charge in [-0.25, -0.2) is 0 Å². The van der Waals surface area contributed by atoms with E-state index in [0.717, 1.165) is 13.0 Å². The number of hydrogen-bond donors (Lipinski definition) is 2. The number of amides is 1. The normalized spacial score (nSPS) is 10.8. The Kier molecular flexibility index (Phi) is 8.68. The molecule has 2 N–H and O–H groups in total. The average molecular weight is 329 g/mol. The average Bonchev–Trinajstić information content (AvgIpc) is 2.33. The molecule has 0 heterocycles. The van der Waals surface area contributed by atoms with Crippen LogP contribution in [0.15, 0.2) is 29.2 Å². The lowest BCUT2D eigenvalue weighted by molar-refractivity contribution is -0.0328. The molecule has 0 radical (unpaired) electrons. The summed E-state index contributed by atoms with van der Waals surface area (Å²) in [7, 11) is 1.82. The summed E-state index contributed by atoms with van der Waals surface area (Å²) in [5.41, 5.74) is -3.95. The minimum atomic E-state index is -4.31. The Morgan fingerprint density at radius 3 is 2.30 bits per heavy atom. The van der Waals surface area contributed by atoms with Gasteiger partial charge in [0.2, 0.25) is 0 Å². The highest BCUT2D eigenvalue weighted by atomic mass is 35.5. The van der Waals surface area contributed by atoms with E-state index in [1.165, 1.54) is 24.3 Å². The molecule has 0 aliphatic heterocycles. The van der Waals surface area contributed by atoms with Gasteiger partial charge in [-0.1, -0.05) is 0 Å². The van der Waals surface area contributed by atoms with Crippen molar-refractivity contribution in [1.29, 1.82) is 0 Å². The van der Waals surface area contributed by atoms with E-state index in [0.29, 0.717) is 12.1 Å². The zero-order valence-electron chi connectivity index (χ0n) is 10.8. The first-order valence-electron chi connectivity index (χ1n) is 5.71. The van der Waals surface area contributed by atoms with Gasteiger partial charge >= 0.3 is 5.51 Å². The molecule has 0 saturated heterocycles. The van der Waals surface area contributed by atoms with Crippen LogP contribution in [0.4, 0.5) is 13.2 Å². The van der Waals surface area contributed by atoms with Crippen LogP contribution in [0.25, 0.3) is 0 Å². The molecule has 8 heteroatoms. The van der Waals surface area contributed by atoms with Gasteiger partial charge in [-0.05, 0) is 56.0 Å². The minimum Gasteiger partial charge on any atom is -0.352 e. The molecule has 20 heavy (non-hydrogen) atoms. The van der Waals surface area contributed by atoms with Crippen molar-refractivity contribution in [1.82, 2.24) is 10.6 Å². The van der Waals surface area contributed by atoms with Crippen molar-refractivity contribution in [3.05, 3.63) is 29.8 Å². The Labute approximate surface area is 126 Å². The van der Waals surface area contributed by atoms with Crippen LogP contribution in [0, 0.1) is 0 Å². The zero-order valence-corrected chi connectivity index (χ0v) is 12.4. The summed E-state index contributed by atoms with van der Waals surface area (Å²) in [6, 6.07) is 5.37. The summed E-state index contributed by atoms with van der Waals surface area (Å²) in [5.74, 6) is -0.278. The van der Waals surface area contributed by atoms with E-state index in [9.17, 15) is 18.0 Å². The third-order valence-electron chi connectivity index (χ3n) is 2.24. The van der Waals surface area contributed by atoms with Crippen LogP contribution >= 0.6 is 24.2 Å². The van der Waals surface area contributed by atoms with Crippen molar-refractivity contribution in [2.75, 3.05) is 20.1 Å². The van der Waals surface area contributed by atoms with Crippen molar-refractivity contribution >= 4 is 30.1 Å². The van der Waals surface area contributed by atoms with Crippen LogP contribution in [0.2, 0.25) is 0 Å². The molecule has 3 nitrogen and oxygen atoms in total. The maximum atomic E-state index is 12.1. The van der Waals surface area contributed by atoms with Gasteiger partial charge < -0.3 is 10.6 Å². The standard InChI is InChI=1S/C12H15F3N2OS.ClH/c1-16-7-2-8-17-11(18)9-3-5-10(6-4-9)19-12(13,14)15;/h3-6,16H,2,7-8H2,1H3,(H,17,18);1H. The van der Waals surface area contributed by atoms with Gasteiger partial charge in [-0.15, -0.1) is 12.4 Å². The van der Waals surface area contributed by atoms with E-state index in [-0.39, 0.29) is 35.0 Å². The van der Waals surface area contributed by atoms with Gasteiger partial charge in [-0.3, -0.25) is 4.79 Å². The molecule has 0 aliphatic carbocycles. The maximum Gasteiger partial charge on any atom is 0.446 e. The van der Waals surface area contributed by atoms with Crippen molar-refractivity contribution in [3.8, 4) is 0 Å². The lowest BCUT2D eigenvalue weighted by Crippen LogP contribution is -2.26. The molecule has 1 aromatic rings. The number of halogens is 4. The van der Waals surface area contributed by atoms with E-state index >= 15 is 0 Å². The molecule has 1 rings (SSSR count). The Hall–Kier alpha value is -0.920. The molecule has 0 aliphatic rings. The second-order valence-corrected chi connectivity index (χ2v) is 4.92. The fraction of sp³-hybridized carbons (Fsp3) is 0.417. The lowest BCUT2D eigenvalue weighted by atomic mass is 10.2. The first kappa shape index (κ1) is 19.1. The quantitative estimate of drug-likeness (QED) is 0.623. The predicted octanol–water partition coefficient (Wildman–Crippen LogP) is 3.06. The van der Waals surface area contributed by atoms with E-state index in [4.69, 9.17) is 0 Å². The predicted molar refractivity (Wildman–Crippen MR) is 76.5 cm³/mol. The van der Waals surface area contributed by atoms with Crippen LogP contribution in [-0.2, 0) is 0 Å². The first-order chi connectivity index (χ1) is 8.92. The zero-order chi connectivity index (χ0) is 14.3. The number of alkyl halides is 3. The highest BCUT2D eigenvalue weighted by Gasteiger charge is 2.29. The number of carbonyl (C=O) groups excluding carboxylic acids is 1. The molecule has 0 spiro atoms. The molecule has 0 fully saturated rings. The number of nitrogens with one attached hydrogen (secondary N) is 2. The smallest absolute Gasteiger partial charge is 0.352 e. The number of hydrogen-bond acceptors (Lipinski definition) is 3. The van der Waals surface area contributed by atoms with Gasteiger partial charge in [0.25, 0.3) is 5.91 Å². The summed E-state index contributed by atoms with van der Waals surface area (Å²) < 4.78 is 36.4. The largest absolute Gasteiger partial charge is 0.446 e. The number of benzene rings is 1. The monoisotopic (exact) mass is 328 g/mol. The van der Waals surface area contributed by atoms with Crippen LogP contribution < -0.4 is 10.6 Å². The highest BCUT2D eigenvalue weighted by Crippen LogP contribution is 2.36. The lowest BCUT2D eigenvalue weighted by Gasteiger charge is -2.07. The van der Waals surface area contributed by atoms with Gasteiger partial charge in [0.15, 0.2) is 0 Å². The van der Waals surface area contributed by atoms with Gasteiger partial charge in [0.1, 0.15) is 0 Å². The Morgan fingerprint density at radius 1 is 1.20 bits per heavy atom. The second-order valence-electron chi connectivity index (χ2n) is 3.79. The third-order valence-corrected chi connectivity index (χ3v) is 2.98. The maximum absolute atomic E-state index is 12.1. The van der Waals surface area contributed by atoms with Crippen molar-refractivity contribution in [2.24, 2.45) is 0 Å². The molecule has 1 amide bonds. The molecule has 0 saturated carbocycles. The molecule has 0 bridgehead atoms. The van der Waals surface area contributed by atoms with Crippen molar-refractivity contribution in [2.45, 2.75) is 16.8 Å². The summed E-state index contributed by atoms with van der Waals surface area (Å²) in [5, 5.41) is 5.64. The topological polar surface area (TPSA) is 41.1 Å². The van der Waals surface area contributed by atoms with Crippen molar-refractivity contribution in [3.63, 3.8) is 0 Å². The fourth-order valence-corrected chi connectivity index (χ4v) is 1.92. The second kappa shape index (κ2) is 9.10. The number of thioether (sulfide) groups is 1. The molecule has 0 aromatic heterocycles. The molecule has 0 unspecified atom stereocenters. The Bertz CT molecular complexity index is 412. The van der Waals surface area contributed by atoms with Crippen LogP contribution in [0.1, 0.15) is 16.8 Å². The molecular formula is C12H16ClF3N2OS. The summed E-state index contributed by atoms with van der Waals surface area (Å²) in [6.07, 6.45) is 0.796. The minimum absolute atomic E-state index is 0. The number of carbonyl (C=O) groups is 1. The third kappa shape index (κ3) is 7.62. The summed E-state index contributed by atoms with van der Waals surface area (Å²) >= 11 is -0.194. The summed E-state index contributed by atoms with van der Waals surface area (Å²) in [4.78, 5) is 11.7. The summed E-state index contributed by atoms with van der Waals surface area (Å²) in [6.45, 7) is 1.32. The Morgan fingerprint density at radius 2 is 1.80 bits per heavy atom. The number of rotatable bonds is 6. The first-order valence-corrected chi connectivity index (χ1v) is 6.52. The SMILES string of the molecule is CNCCCNC(=O)c1ccc(SC(F)(F)F)cc1.Cl. The van der Waals surface area contributed by atoms with Crippen molar-refractivity contribution < 1.29 is 18.0 Å². The van der Waals surface area contributed by atoms with Crippen LogP contribution in [0.3, 0.4) is 0 Å².